The lowest BCUT2D eigenvalue weighted by molar-refractivity contribution is 0.0950. The van der Waals surface area contributed by atoms with Gasteiger partial charge in [0.15, 0.2) is 0 Å². The van der Waals surface area contributed by atoms with E-state index in [9.17, 15) is 9.18 Å². The molecule has 1 heterocycles. The SMILES string of the molecule is Cl.O=C(NC[C@@H]1CCCN1)c1cccc(-c2ccc(F)cc2)c1. The molecule has 1 aliphatic heterocycles. The van der Waals surface area contributed by atoms with Crippen LogP contribution in [-0.2, 0) is 0 Å². The molecule has 0 radical (unpaired) electrons. The zero-order valence-corrected chi connectivity index (χ0v) is 13.5. The molecule has 0 bridgehead atoms. The third-order valence-corrected chi connectivity index (χ3v) is 3.97. The normalized spacial score (nSPS) is 16.7. The number of carbonyl (C=O) groups excluding carboxylic acids is 1. The average molecular weight is 335 g/mol. The highest BCUT2D eigenvalue weighted by Crippen LogP contribution is 2.20. The Morgan fingerprint density at radius 1 is 1.17 bits per heavy atom. The van der Waals surface area contributed by atoms with Gasteiger partial charge >= 0.3 is 0 Å². The van der Waals surface area contributed by atoms with Crippen molar-refractivity contribution in [1.29, 1.82) is 0 Å². The molecule has 122 valence electrons. The number of amides is 1. The molecule has 1 amide bonds. The van der Waals surface area contributed by atoms with Crippen molar-refractivity contribution in [2.45, 2.75) is 18.9 Å². The van der Waals surface area contributed by atoms with Crippen molar-refractivity contribution in [2.75, 3.05) is 13.1 Å². The number of rotatable bonds is 4. The number of hydrogen-bond acceptors (Lipinski definition) is 2. The van der Waals surface area contributed by atoms with Crippen LogP contribution in [0.1, 0.15) is 23.2 Å². The second kappa shape index (κ2) is 8.09. The Kier molecular flexibility index (Phi) is 6.13. The van der Waals surface area contributed by atoms with Crippen LogP contribution in [0.25, 0.3) is 11.1 Å². The maximum absolute atomic E-state index is 13.0. The molecule has 5 heteroatoms. The quantitative estimate of drug-likeness (QED) is 0.899. The molecular formula is C18H20ClFN2O. The van der Waals surface area contributed by atoms with Gasteiger partial charge in [-0.1, -0.05) is 24.3 Å². The fourth-order valence-electron chi connectivity index (χ4n) is 2.73. The van der Waals surface area contributed by atoms with E-state index >= 15 is 0 Å². The Labute approximate surface area is 141 Å². The topological polar surface area (TPSA) is 41.1 Å². The molecule has 1 fully saturated rings. The maximum Gasteiger partial charge on any atom is 0.251 e. The zero-order chi connectivity index (χ0) is 15.4. The van der Waals surface area contributed by atoms with Gasteiger partial charge in [-0.05, 0) is 54.8 Å². The van der Waals surface area contributed by atoms with E-state index < -0.39 is 0 Å². The van der Waals surface area contributed by atoms with E-state index in [1.807, 2.05) is 18.2 Å². The summed E-state index contributed by atoms with van der Waals surface area (Å²) >= 11 is 0. The fraction of sp³-hybridized carbons (Fsp3) is 0.278. The first kappa shape index (κ1) is 17.4. The van der Waals surface area contributed by atoms with Crippen molar-refractivity contribution in [3.63, 3.8) is 0 Å². The highest BCUT2D eigenvalue weighted by Gasteiger charge is 2.15. The smallest absolute Gasteiger partial charge is 0.251 e. The number of halogens is 2. The van der Waals surface area contributed by atoms with Crippen LogP contribution < -0.4 is 10.6 Å². The molecule has 1 aliphatic rings. The minimum absolute atomic E-state index is 0. The van der Waals surface area contributed by atoms with E-state index in [0.717, 1.165) is 24.1 Å². The van der Waals surface area contributed by atoms with Crippen LogP contribution in [-0.4, -0.2) is 25.0 Å². The summed E-state index contributed by atoms with van der Waals surface area (Å²) < 4.78 is 13.0. The van der Waals surface area contributed by atoms with Gasteiger partial charge in [-0.25, -0.2) is 4.39 Å². The van der Waals surface area contributed by atoms with Crippen LogP contribution in [0.2, 0.25) is 0 Å². The Hall–Kier alpha value is -1.91. The molecule has 3 nitrogen and oxygen atoms in total. The monoisotopic (exact) mass is 334 g/mol. The first-order chi connectivity index (χ1) is 10.7. The number of carbonyl (C=O) groups is 1. The minimum atomic E-state index is -0.262. The van der Waals surface area contributed by atoms with Gasteiger partial charge in [0.1, 0.15) is 5.82 Å². The van der Waals surface area contributed by atoms with Crippen molar-refractivity contribution in [3.05, 3.63) is 59.9 Å². The molecule has 23 heavy (non-hydrogen) atoms. The molecule has 1 saturated heterocycles. The number of benzene rings is 2. The fourth-order valence-corrected chi connectivity index (χ4v) is 2.73. The molecule has 2 aromatic rings. The predicted octanol–water partition coefficient (Wildman–Crippen LogP) is 3.40. The van der Waals surface area contributed by atoms with Gasteiger partial charge in [0.05, 0.1) is 0 Å². The van der Waals surface area contributed by atoms with Crippen molar-refractivity contribution in [1.82, 2.24) is 10.6 Å². The summed E-state index contributed by atoms with van der Waals surface area (Å²) in [5, 5.41) is 6.32. The summed E-state index contributed by atoms with van der Waals surface area (Å²) in [7, 11) is 0. The van der Waals surface area contributed by atoms with Gasteiger partial charge < -0.3 is 10.6 Å². The molecule has 0 aliphatic carbocycles. The molecule has 0 saturated carbocycles. The molecule has 2 N–H and O–H groups in total. The van der Waals surface area contributed by atoms with Gasteiger partial charge in [-0.15, -0.1) is 12.4 Å². The molecule has 0 aromatic heterocycles. The van der Waals surface area contributed by atoms with E-state index in [4.69, 9.17) is 0 Å². The predicted molar refractivity (Wildman–Crippen MR) is 92.4 cm³/mol. The van der Waals surface area contributed by atoms with Gasteiger partial charge in [-0.2, -0.15) is 0 Å². The highest BCUT2D eigenvalue weighted by atomic mass is 35.5. The Morgan fingerprint density at radius 2 is 1.96 bits per heavy atom. The molecule has 2 aromatic carbocycles. The largest absolute Gasteiger partial charge is 0.350 e. The summed E-state index contributed by atoms with van der Waals surface area (Å²) in [6.45, 7) is 1.68. The van der Waals surface area contributed by atoms with Crippen molar-refractivity contribution in [2.24, 2.45) is 0 Å². The van der Waals surface area contributed by atoms with Crippen LogP contribution in [0.5, 0.6) is 0 Å². The van der Waals surface area contributed by atoms with Crippen LogP contribution in [0, 0.1) is 5.82 Å². The third-order valence-electron chi connectivity index (χ3n) is 3.97. The molecule has 1 atom stereocenters. The third kappa shape index (κ3) is 4.53. The maximum atomic E-state index is 13.0. The van der Waals surface area contributed by atoms with Crippen LogP contribution in [0.4, 0.5) is 4.39 Å². The molecule has 0 unspecified atom stereocenters. The summed E-state index contributed by atoms with van der Waals surface area (Å²) in [4.78, 5) is 12.2. The summed E-state index contributed by atoms with van der Waals surface area (Å²) in [6, 6.07) is 14.1. The van der Waals surface area contributed by atoms with Gasteiger partial charge in [0.25, 0.3) is 5.91 Å². The van der Waals surface area contributed by atoms with E-state index in [1.165, 1.54) is 18.6 Å². The Balaban J connectivity index is 0.00000192. The van der Waals surface area contributed by atoms with Crippen LogP contribution in [0.15, 0.2) is 48.5 Å². The molecule has 3 rings (SSSR count). The first-order valence-corrected chi connectivity index (χ1v) is 7.60. The van der Waals surface area contributed by atoms with Crippen molar-refractivity contribution < 1.29 is 9.18 Å². The summed E-state index contributed by atoms with van der Waals surface area (Å²) in [5.41, 5.74) is 2.43. The molecule has 0 spiro atoms. The highest BCUT2D eigenvalue weighted by molar-refractivity contribution is 5.95. The van der Waals surface area contributed by atoms with E-state index in [0.29, 0.717) is 18.2 Å². The van der Waals surface area contributed by atoms with Gasteiger partial charge in [0, 0.05) is 18.2 Å². The summed E-state index contributed by atoms with van der Waals surface area (Å²) in [6.07, 6.45) is 2.27. The van der Waals surface area contributed by atoms with Crippen LogP contribution in [0.3, 0.4) is 0 Å². The van der Waals surface area contributed by atoms with Gasteiger partial charge in [-0.3, -0.25) is 4.79 Å². The van der Waals surface area contributed by atoms with E-state index in [1.54, 1.807) is 18.2 Å². The lowest BCUT2D eigenvalue weighted by Crippen LogP contribution is -2.37. The Bertz CT molecular complexity index is 654. The van der Waals surface area contributed by atoms with Crippen molar-refractivity contribution in [3.8, 4) is 11.1 Å². The Morgan fingerprint density at radius 3 is 2.65 bits per heavy atom. The first-order valence-electron chi connectivity index (χ1n) is 7.60. The average Bonchev–Trinajstić information content (AvgIpc) is 3.07. The second-order valence-corrected chi connectivity index (χ2v) is 5.59. The molecular weight excluding hydrogens is 315 g/mol. The second-order valence-electron chi connectivity index (χ2n) is 5.59. The zero-order valence-electron chi connectivity index (χ0n) is 12.7. The van der Waals surface area contributed by atoms with E-state index in [2.05, 4.69) is 10.6 Å². The van der Waals surface area contributed by atoms with E-state index in [-0.39, 0.29) is 24.1 Å². The lowest BCUT2D eigenvalue weighted by atomic mass is 10.0. The van der Waals surface area contributed by atoms with Gasteiger partial charge in [0.2, 0.25) is 0 Å². The minimum Gasteiger partial charge on any atom is -0.350 e. The van der Waals surface area contributed by atoms with Crippen molar-refractivity contribution >= 4 is 18.3 Å². The lowest BCUT2D eigenvalue weighted by Gasteiger charge is -2.12. The summed E-state index contributed by atoms with van der Waals surface area (Å²) in [5.74, 6) is -0.334. The number of nitrogens with one attached hydrogen (secondary N) is 2. The van der Waals surface area contributed by atoms with Crippen LogP contribution >= 0.6 is 12.4 Å². The number of hydrogen-bond donors (Lipinski definition) is 2. The standard InChI is InChI=1S/C18H19FN2O.ClH/c19-16-8-6-13(7-9-16)14-3-1-4-15(11-14)18(22)21-12-17-5-2-10-20-17;/h1,3-4,6-9,11,17,20H,2,5,10,12H2,(H,21,22);1H/t17-;/m0./s1.